The Kier molecular flexibility index (Phi) is 4.62. The van der Waals surface area contributed by atoms with E-state index in [0.29, 0.717) is 11.4 Å². The summed E-state index contributed by atoms with van der Waals surface area (Å²) in [5, 5.41) is 15.4. The first-order valence-corrected chi connectivity index (χ1v) is 5.66. The Balaban J connectivity index is 2.40. The summed E-state index contributed by atoms with van der Waals surface area (Å²) in [5.41, 5.74) is 1.22. The van der Waals surface area contributed by atoms with Crippen LogP contribution in [0.3, 0.4) is 0 Å². The van der Waals surface area contributed by atoms with Gasteiger partial charge in [-0.3, -0.25) is 4.79 Å². The van der Waals surface area contributed by atoms with Gasteiger partial charge in [0.15, 0.2) is 6.10 Å². The van der Waals surface area contributed by atoms with Gasteiger partial charge >= 0.3 is 0 Å². The maximum Gasteiger partial charge on any atom is 0.215 e. The summed E-state index contributed by atoms with van der Waals surface area (Å²) in [6, 6.07) is 0. The molecule has 0 saturated carbocycles. The number of aliphatic hydroxyl groups excluding tert-OH is 1. The molecule has 1 rings (SSSR count). The van der Waals surface area contributed by atoms with E-state index in [1.54, 1.807) is 0 Å². The largest absolute Gasteiger partial charge is 0.384 e. The van der Waals surface area contributed by atoms with Gasteiger partial charge < -0.3 is 15.7 Å². The highest BCUT2D eigenvalue weighted by molar-refractivity contribution is 6.07. The molecule has 15 heavy (non-hydrogen) atoms. The molecule has 1 unspecified atom stereocenters. The van der Waals surface area contributed by atoms with Crippen LogP contribution in [0.5, 0.6) is 0 Å². The molecular weight excluding hydrogens is 192 g/mol. The number of hydrogen-bond donors (Lipinski definition) is 3. The van der Waals surface area contributed by atoms with Crippen LogP contribution in [0.1, 0.15) is 33.1 Å². The maximum atomic E-state index is 11.3. The molecule has 0 fully saturated rings. The van der Waals surface area contributed by atoms with Crippen molar-refractivity contribution in [1.82, 2.24) is 10.6 Å². The van der Waals surface area contributed by atoms with Crippen LogP contribution in [0.15, 0.2) is 11.4 Å². The van der Waals surface area contributed by atoms with Crippen LogP contribution in [0, 0.1) is 0 Å². The third-order valence-corrected chi connectivity index (χ3v) is 2.49. The van der Waals surface area contributed by atoms with Crippen LogP contribution in [-0.4, -0.2) is 30.1 Å². The highest BCUT2D eigenvalue weighted by Crippen LogP contribution is 2.19. The molecule has 0 radical (unpaired) electrons. The third-order valence-electron chi connectivity index (χ3n) is 2.49. The van der Waals surface area contributed by atoms with E-state index in [4.69, 9.17) is 0 Å². The highest BCUT2D eigenvalue weighted by Gasteiger charge is 2.37. The van der Waals surface area contributed by atoms with Crippen molar-refractivity contribution in [1.29, 1.82) is 0 Å². The van der Waals surface area contributed by atoms with Crippen LogP contribution in [0.2, 0.25) is 0 Å². The number of unbranched alkanes of at least 4 members (excludes halogenated alkanes) is 2. The van der Waals surface area contributed by atoms with Gasteiger partial charge in [-0.15, -0.1) is 0 Å². The molecule has 0 saturated heterocycles. The maximum absolute atomic E-state index is 11.3. The molecule has 0 spiro atoms. The summed E-state index contributed by atoms with van der Waals surface area (Å²) in [5.74, 6) is -0.192. The number of likely N-dealkylation sites (N-methyl/N-ethyl adjacent to an activating group) is 1. The predicted octanol–water partition coefficient (Wildman–Crippen LogP) is 0.531. The standard InChI is InChI=1S/C11H20N2O2/c1-3-5-6-7-13-9-8(12-4-2)10(14)11(9)15/h10,12-14H,3-7H2,1-2H3. The van der Waals surface area contributed by atoms with Crippen LogP contribution >= 0.6 is 0 Å². The number of carbonyl (C=O) groups is 1. The molecule has 1 aliphatic rings. The zero-order chi connectivity index (χ0) is 11.3. The second-order valence-corrected chi connectivity index (χ2v) is 3.72. The minimum Gasteiger partial charge on any atom is -0.384 e. The van der Waals surface area contributed by atoms with E-state index in [0.717, 1.165) is 32.4 Å². The number of Topliss-reactive ketones (excluding diaryl/α,β-unsaturated/α-hetero) is 1. The fourth-order valence-corrected chi connectivity index (χ4v) is 1.61. The molecule has 1 atom stereocenters. The van der Waals surface area contributed by atoms with E-state index in [-0.39, 0.29) is 5.78 Å². The molecule has 86 valence electrons. The zero-order valence-corrected chi connectivity index (χ0v) is 9.47. The van der Waals surface area contributed by atoms with Crippen molar-refractivity contribution >= 4 is 5.78 Å². The molecular formula is C11H20N2O2. The average Bonchev–Trinajstić information content (AvgIpc) is 2.26. The normalized spacial score (nSPS) is 20.2. The Hall–Kier alpha value is -1.03. The quantitative estimate of drug-likeness (QED) is 0.539. The van der Waals surface area contributed by atoms with E-state index in [1.165, 1.54) is 0 Å². The van der Waals surface area contributed by atoms with Crippen molar-refractivity contribution in [2.75, 3.05) is 13.1 Å². The van der Waals surface area contributed by atoms with Crippen molar-refractivity contribution in [3.8, 4) is 0 Å². The lowest BCUT2D eigenvalue weighted by Gasteiger charge is -2.29. The van der Waals surface area contributed by atoms with Crippen molar-refractivity contribution in [3.05, 3.63) is 11.4 Å². The SMILES string of the molecule is CCCCCNC1=C(NCC)C(O)C1=O. The zero-order valence-electron chi connectivity index (χ0n) is 9.47. The monoisotopic (exact) mass is 212 g/mol. The lowest BCUT2D eigenvalue weighted by atomic mass is 9.95. The third kappa shape index (κ3) is 2.72. The number of rotatable bonds is 7. The first-order chi connectivity index (χ1) is 7.22. The van der Waals surface area contributed by atoms with Gasteiger partial charge in [-0.25, -0.2) is 0 Å². The van der Waals surface area contributed by atoms with Gasteiger partial charge in [0, 0.05) is 13.1 Å². The summed E-state index contributed by atoms with van der Waals surface area (Å²) in [6.07, 6.45) is 2.45. The smallest absolute Gasteiger partial charge is 0.215 e. The summed E-state index contributed by atoms with van der Waals surface area (Å²) in [4.78, 5) is 11.3. The van der Waals surface area contributed by atoms with Gasteiger partial charge in [0.1, 0.15) is 5.70 Å². The summed E-state index contributed by atoms with van der Waals surface area (Å²) >= 11 is 0. The van der Waals surface area contributed by atoms with Crippen molar-refractivity contribution in [2.45, 2.75) is 39.2 Å². The highest BCUT2D eigenvalue weighted by atomic mass is 16.3. The molecule has 1 aliphatic carbocycles. The van der Waals surface area contributed by atoms with Crippen LogP contribution in [-0.2, 0) is 4.79 Å². The number of nitrogens with one attached hydrogen (secondary N) is 2. The van der Waals surface area contributed by atoms with Crippen LogP contribution in [0.25, 0.3) is 0 Å². The molecule has 3 N–H and O–H groups in total. The first kappa shape index (κ1) is 12.0. The lowest BCUT2D eigenvalue weighted by molar-refractivity contribution is -0.125. The molecule has 0 amide bonds. The van der Waals surface area contributed by atoms with Gasteiger partial charge in [0.05, 0.1) is 5.70 Å². The fraction of sp³-hybridized carbons (Fsp3) is 0.727. The van der Waals surface area contributed by atoms with Crippen molar-refractivity contribution in [2.24, 2.45) is 0 Å². The van der Waals surface area contributed by atoms with E-state index in [2.05, 4.69) is 17.6 Å². The van der Waals surface area contributed by atoms with E-state index >= 15 is 0 Å². The topological polar surface area (TPSA) is 61.4 Å². The van der Waals surface area contributed by atoms with E-state index in [1.807, 2.05) is 6.92 Å². The van der Waals surface area contributed by atoms with Gasteiger partial charge in [0.25, 0.3) is 0 Å². The summed E-state index contributed by atoms with van der Waals surface area (Å²) < 4.78 is 0. The summed E-state index contributed by atoms with van der Waals surface area (Å²) in [6.45, 7) is 5.61. The van der Waals surface area contributed by atoms with Gasteiger partial charge in [-0.1, -0.05) is 19.8 Å². The number of hydrogen-bond acceptors (Lipinski definition) is 4. The average molecular weight is 212 g/mol. The first-order valence-electron chi connectivity index (χ1n) is 5.66. The second-order valence-electron chi connectivity index (χ2n) is 3.72. The predicted molar refractivity (Wildman–Crippen MR) is 59.2 cm³/mol. The fourth-order valence-electron chi connectivity index (χ4n) is 1.61. The number of ketones is 1. The molecule has 0 aromatic heterocycles. The molecule has 0 bridgehead atoms. The Morgan fingerprint density at radius 1 is 1.27 bits per heavy atom. The van der Waals surface area contributed by atoms with E-state index < -0.39 is 6.10 Å². The van der Waals surface area contributed by atoms with Crippen LogP contribution in [0.4, 0.5) is 0 Å². The minimum atomic E-state index is -0.932. The Labute approximate surface area is 90.7 Å². The molecule has 0 aliphatic heterocycles. The molecule has 4 heteroatoms. The summed E-state index contributed by atoms with van der Waals surface area (Å²) in [7, 11) is 0. The van der Waals surface area contributed by atoms with Crippen molar-refractivity contribution in [3.63, 3.8) is 0 Å². The Bertz CT molecular complexity index is 261. The lowest BCUT2D eigenvalue weighted by Crippen LogP contribution is -2.48. The van der Waals surface area contributed by atoms with Gasteiger partial charge in [-0.05, 0) is 13.3 Å². The van der Waals surface area contributed by atoms with E-state index in [9.17, 15) is 9.90 Å². The van der Waals surface area contributed by atoms with Crippen molar-refractivity contribution < 1.29 is 9.90 Å². The van der Waals surface area contributed by atoms with Crippen LogP contribution < -0.4 is 10.6 Å². The number of aliphatic hydroxyl groups is 1. The molecule has 4 nitrogen and oxygen atoms in total. The molecule has 0 aromatic rings. The Morgan fingerprint density at radius 3 is 2.60 bits per heavy atom. The number of carbonyl (C=O) groups excluding carboxylic acids is 1. The van der Waals surface area contributed by atoms with Gasteiger partial charge in [0.2, 0.25) is 5.78 Å². The molecule has 0 aromatic carbocycles. The minimum absolute atomic E-state index is 0.192. The second kappa shape index (κ2) is 5.75. The Morgan fingerprint density at radius 2 is 2.00 bits per heavy atom. The van der Waals surface area contributed by atoms with Gasteiger partial charge in [-0.2, -0.15) is 0 Å². The molecule has 0 heterocycles.